The van der Waals surface area contributed by atoms with E-state index in [0.717, 1.165) is 0 Å². The van der Waals surface area contributed by atoms with Crippen LogP contribution in [0.25, 0.3) is 0 Å². The number of allylic oxidation sites excluding steroid dienone is 1. The fraction of sp³-hybridized carbons (Fsp3) is 0.556. The van der Waals surface area contributed by atoms with Crippen molar-refractivity contribution in [3.8, 4) is 0 Å². The van der Waals surface area contributed by atoms with E-state index in [1.807, 2.05) is 0 Å². The second kappa shape index (κ2) is 5.35. The van der Waals surface area contributed by atoms with Crippen LogP contribution >= 0.6 is 0 Å². The third kappa shape index (κ3) is 5.00. The van der Waals surface area contributed by atoms with Crippen LogP contribution in [-0.4, -0.2) is 28.9 Å². The molecule has 0 spiro atoms. The molecule has 0 atom stereocenters. The first-order chi connectivity index (χ1) is 5.95. The maximum atomic E-state index is 11.2. The summed E-state index contributed by atoms with van der Waals surface area (Å²) in [5, 5.41) is 8.33. The predicted octanol–water partition coefficient (Wildman–Crippen LogP) is 1.23. The van der Waals surface area contributed by atoms with Crippen LogP contribution in [0.4, 0.5) is 0 Å². The van der Waals surface area contributed by atoms with Gasteiger partial charge in [-0.05, 0) is 13.3 Å². The molecule has 0 aromatic rings. The van der Waals surface area contributed by atoms with Crippen LogP contribution in [0.2, 0.25) is 0 Å². The van der Waals surface area contributed by atoms with Crippen molar-refractivity contribution in [2.45, 2.75) is 26.2 Å². The highest BCUT2D eigenvalue weighted by atomic mass is 16.4. The Bertz CT molecular complexity index is 223. The lowest BCUT2D eigenvalue weighted by molar-refractivity contribution is -0.137. The molecule has 0 aliphatic carbocycles. The van der Waals surface area contributed by atoms with Gasteiger partial charge in [0, 0.05) is 25.6 Å². The van der Waals surface area contributed by atoms with Gasteiger partial charge >= 0.3 is 5.97 Å². The molecule has 0 aliphatic heterocycles. The van der Waals surface area contributed by atoms with E-state index >= 15 is 0 Å². The second-order valence-electron chi connectivity index (χ2n) is 2.94. The van der Waals surface area contributed by atoms with Gasteiger partial charge in [0.15, 0.2) is 0 Å². The van der Waals surface area contributed by atoms with Crippen molar-refractivity contribution in [2.75, 3.05) is 7.05 Å². The molecule has 0 aromatic carbocycles. The first-order valence-electron chi connectivity index (χ1n) is 4.09. The number of hydrogen-bond donors (Lipinski definition) is 1. The lowest BCUT2D eigenvalue weighted by Gasteiger charge is -2.15. The van der Waals surface area contributed by atoms with E-state index in [4.69, 9.17) is 5.11 Å². The number of aliphatic carboxylic acids is 1. The summed E-state index contributed by atoms with van der Waals surface area (Å²) < 4.78 is 0. The number of carboxylic acid groups (broad SMARTS) is 1. The van der Waals surface area contributed by atoms with E-state index in [1.165, 1.54) is 4.90 Å². The molecule has 0 rings (SSSR count). The van der Waals surface area contributed by atoms with E-state index in [2.05, 4.69) is 6.58 Å². The second-order valence-corrected chi connectivity index (χ2v) is 2.94. The molecule has 0 radical (unpaired) electrons. The lowest BCUT2D eigenvalue weighted by Crippen LogP contribution is -2.24. The molecule has 74 valence electrons. The van der Waals surface area contributed by atoms with E-state index in [1.54, 1.807) is 14.0 Å². The van der Waals surface area contributed by atoms with Crippen molar-refractivity contribution in [1.82, 2.24) is 4.90 Å². The quantitative estimate of drug-likeness (QED) is 0.700. The SMILES string of the molecule is C=C(C)N(C)C(=O)CCCC(=O)O. The summed E-state index contributed by atoms with van der Waals surface area (Å²) in [7, 11) is 1.63. The number of carbonyl (C=O) groups excluding carboxylic acids is 1. The molecule has 0 saturated carbocycles. The Morgan fingerprint density at radius 1 is 1.38 bits per heavy atom. The highest BCUT2D eigenvalue weighted by Crippen LogP contribution is 2.03. The van der Waals surface area contributed by atoms with Crippen molar-refractivity contribution in [3.63, 3.8) is 0 Å². The number of amides is 1. The topological polar surface area (TPSA) is 57.6 Å². The van der Waals surface area contributed by atoms with Crippen LogP contribution in [0.1, 0.15) is 26.2 Å². The summed E-state index contributed by atoms with van der Waals surface area (Å²) in [5.74, 6) is -0.959. The van der Waals surface area contributed by atoms with Gasteiger partial charge in [-0.2, -0.15) is 0 Å². The molecule has 4 nitrogen and oxygen atoms in total. The average molecular weight is 185 g/mol. The van der Waals surface area contributed by atoms with Gasteiger partial charge in [-0.1, -0.05) is 6.58 Å². The van der Waals surface area contributed by atoms with Gasteiger partial charge in [-0.3, -0.25) is 9.59 Å². The van der Waals surface area contributed by atoms with Gasteiger partial charge in [-0.15, -0.1) is 0 Å². The molecular weight excluding hydrogens is 170 g/mol. The zero-order chi connectivity index (χ0) is 10.4. The first-order valence-corrected chi connectivity index (χ1v) is 4.09. The zero-order valence-corrected chi connectivity index (χ0v) is 8.04. The van der Waals surface area contributed by atoms with Crippen molar-refractivity contribution in [2.24, 2.45) is 0 Å². The predicted molar refractivity (Wildman–Crippen MR) is 49.1 cm³/mol. The minimum Gasteiger partial charge on any atom is -0.481 e. The van der Waals surface area contributed by atoms with Crippen molar-refractivity contribution in [3.05, 3.63) is 12.3 Å². The maximum Gasteiger partial charge on any atom is 0.303 e. The fourth-order valence-corrected chi connectivity index (χ4v) is 0.771. The summed E-state index contributed by atoms with van der Waals surface area (Å²) in [5.41, 5.74) is 0.667. The highest BCUT2D eigenvalue weighted by molar-refractivity contribution is 5.78. The third-order valence-electron chi connectivity index (χ3n) is 1.73. The minimum absolute atomic E-state index is 0.0375. The molecule has 0 heterocycles. The summed E-state index contributed by atoms with van der Waals surface area (Å²) >= 11 is 0. The summed E-state index contributed by atoms with van der Waals surface area (Å²) in [4.78, 5) is 22.8. The van der Waals surface area contributed by atoms with Gasteiger partial charge < -0.3 is 10.0 Å². The smallest absolute Gasteiger partial charge is 0.303 e. The van der Waals surface area contributed by atoms with E-state index in [0.29, 0.717) is 12.1 Å². The number of nitrogens with zero attached hydrogens (tertiary/aromatic N) is 1. The Morgan fingerprint density at radius 2 is 1.92 bits per heavy atom. The number of carboxylic acids is 1. The molecular formula is C9H15NO3. The van der Waals surface area contributed by atoms with Crippen LogP contribution in [0, 0.1) is 0 Å². The van der Waals surface area contributed by atoms with Crippen LogP contribution in [0.5, 0.6) is 0 Å². The van der Waals surface area contributed by atoms with Gasteiger partial charge in [0.2, 0.25) is 5.91 Å². The minimum atomic E-state index is -0.870. The van der Waals surface area contributed by atoms with Gasteiger partial charge in [0.25, 0.3) is 0 Å². The Hall–Kier alpha value is -1.32. The Morgan fingerprint density at radius 3 is 2.31 bits per heavy atom. The van der Waals surface area contributed by atoms with Crippen LogP contribution in [-0.2, 0) is 9.59 Å². The molecule has 4 heteroatoms. The lowest BCUT2D eigenvalue weighted by atomic mass is 10.2. The summed E-state index contributed by atoms with van der Waals surface area (Å²) in [6.07, 6.45) is 0.678. The van der Waals surface area contributed by atoms with E-state index in [-0.39, 0.29) is 18.7 Å². The molecule has 0 aliphatic rings. The van der Waals surface area contributed by atoms with Gasteiger partial charge in [0.1, 0.15) is 0 Å². The highest BCUT2D eigenvalue weighted by Gasteiger charge is 2.09. The Balaban J connectivity index is 3.75. The molecule has 0 saturated heterocycles. The normalized spacial score (nSPS) is 9.38. The van der Waals surface area contributed by atoms with Gasteiger partial charge in [-0.25, -0.2) is 0 Å². The number of carbonyl (C=O) groups is 2. The van der Waals surface area contributed by atoms with Crippen molar-refractivity contribution >= 4 is 11.9 Å². The van der Waals surface area contributed by atoms with Crippen molar-refractivity contribution < 1.29 is 14.7 Å². The Kier molecular flexibility index (Phi) is 4.80. The zero-order valence-electron chi connectivity index (χ0n) is 8.04. The van der Waals surface area contributed by atoms with Crippen molar-refractivity contribution in [1.29, 1.82) is 0 Å². The maximum absolute atomic E-state index is 11.2. The van der Waals surface area contributed by atoms with Crippen LogP contribution in [0.15, 0.2) is 12.3 Å². The number of hydrogen-bond acceptors (Lipinski definition) is 2. The molecule has 1 amide bonds. The van der Waals surface area contributed by atoms with Gasteiger partial charge in [0.05, 0.1) is 0 Å². The molecule has 0 fully saturated rings. The standard InChI is InChI=1S/C9H15NO3/c1-7(2)10(3)8(11)5-4-6-9(12)13/h1,4-6H2,2-3H3,(H,12,13). The van der Waals surface area contributed by atoms with Crippen LogP contribution in [0.3, 0.4) is 0 Å². The molecule has 13 heavy (non-hydrogen) atoms. The Labute approximate surface area is 77.8 Å². The first kappa shape index (κ1) is 11.7. The monoisotopic (exact) mass is 185 g/mol. The average Bonchev–Trinajstić information content (AvgIpc) is 2.02. The molecule has 0 aromatic heterocycles. The fourth-order valence-electron chi connectivity index (χ4n) is 0.771. The van der Waals surface area contributed by atoms with E-state index < -0.39 is 5.97 Å². The van der Waals surface area contributed by atoms with E-state index in [9.17, 15) is 9.59 Å². The third-order valence-corrected chi connectivity index (χ3v) is 1.73. The summed E-state index contributed by atoms with van der Waals surface area (Å²) in [6.45, 7) is 5.34. The summed E-state index contributed by atoms with van der Waals surface area (Å²) in [6, 6.07) is 0. The number of rotatable bonds is 5. The molecule has 0 bridgehead atoms. The molecule has 0 unspecified atom stereocenters. The van der Waals surface area contributed by atoms with Crippen LogP contribution < -0.4 is 0 Å². The molecule has 1 N–H and O–H groups in total. The largest absolute Gasteiger partial charge is 0.481 e.